The SMILES string of the molecule is CCCCCOc1ccc(C2/C(=C(\O)c3c(C)nc4ccccn34)C(=O)C(=O)N2Cc2ccccc2)cc1OC. The molecule has 206 valence electrons. The lowest BCUT2D eigenvalue weighted by Crippen LogP contribution is -2.29. The lowest BCUT2D eigenvalue weighted by molar-refractivity contribution is -0.140. The van der Waals surface area contributed by atoms with Crippen molar-refractivity contribution >= 4 is 23.1 Å². The fraction of sp³-hybridized carbons (Fsp3) is 0.281. The van der Waals surface area contributed by atoms with Crippen molar-refractivity contribution in [2.75, 3.05) is 13.7 Å². The first kappa shape index (κ1) is 27.0. The van der Waals surface area contributed by atoms with Crippen molar-refractivity contribution in [2.45, 2.75) is 45.7 Å². The Bertz CT molecular complexity index is 1570. The predicted octanol–water partition coefficient (Wildman–Crippen LogP) is 5.84. The molecule has 1 aliphatic heterocycles. The van der Waals surface area contributed by atoms with E-state index in [9.17, 15) is 14.7 Å². The second-order valence-electron chi connectivity index (χ2n) is 9.85. The fourth-order valence-electron chi connectivity index (χ4n) is 5.20. The van der Waals surface area contributed by atoms with Crippen LogP contribution in [-0.4, -0.2) is 44.8 Å². The van der Waals surface area contributed by atoms with E-state index < -0.39 is 17.7 Å². The molecule has 1 aliphatic rings. The average Bonchev–Trinajstić information content (AvgIpc) is 3.44. The lowest BCUT2D eigenvalue weighted by atomic mass is 9.95. The molecule has 1 unspecified atom stereocenters. The van der Waals surface area contributed by atoms with Crippen LogP contribution in [0.25, 0.3) is 11.4 Å². The van der Waals surface area contributed by atoms with Gasteiger partial charge in [-0.2, -0.15) is 0 Å². The average molecular weight is 540 g/mol. The van der Waals surface area contributed by atoms with E-state index in [0.29, 0.717) is 40.7 Å². The van der Waals surface area contributed by atoms with E-state index in [4.69, 9.17) is 9.47 Å². The smallest absolute Gasteiger partial charge is 0.295 e. The van der Waals surface area contributed by atoms with Crippen molar-refractivity contribution in [1.29, 1.82) is 0 Å². The molecule has 3 heterocycles. The second-order valence-corrected chi connectivity index (χ2v) is 9.85. The minimum atomic E-state index is -0.850. The third kappa shape index (κ3) is 5.04. The molecule has 2 aromatic heterocycles. The number of ketones is 1. The Morgan fingerprint density at radius 3 is 2.52 bits per heavy atom. The van der Waals surface area contributed by atoms with Crippen molar-refractivity contribution in [3.8, 4) is 11.5 Å². The van der Waals surface area contributed by atoms with Crippen LogP contribution in [-0.2, 0) is 16.1 Å². The Labute approximate surface area is 233 Å². The van der Waals surface area contributed by atoms with Gasteiger partial charge in [0.15, 0.2) is 17.3 Å². The quantitative estimate of drug-likeness (QED) is 0.118. The number of rotatable bonds is 10. The second kappa shape index (κ2) is 11.7. The Hall–Kier alpha value is -4.59. The highest BCUT2D eigenvalue weighted by atomic mass is 16.5. The van der Waals surface area contributed by atoms with E-state index in [0.717, 1.165) is 24.8 Å². The molecule has 1 amide bonds. The molecule has 0 aliphatic carbocycles. The van der Waals surface area contributed by atoms with Gasteiger partial charge in [0.25, 0.3) is 11.7 Å². The van der Waals surface area contributed by atoms with Gasteiger partial charge in [0.1, 0.15) is 11.3 Å². The number of aromatic nitrogens is 2. The highest BCUT2D eigenvalue weighted by Gasteiger charge is 2.46. The number of hydrogen-bond acceptors (Lipinski definition) is 6. The zero-order chi connectivity index (χ0) is 28.2. The number of unbranched alkanes of at least 4 members (excludes halogenated alkanes) is 2. The summed E-state index contributed by atoms with van der Waals surface area (Å²) in [5.41, 5.74) is 3.05. The van der Waals surface area contributed by atoms with Crippen LogP contribution in [0.15, 0.2) is 78.5 Å². The van der Waals surface area contributed by atoms with E-state index >= 15 is 0 Å². The van der Waals surface area contributed by atoms with Gasteiger partial charge in [-0.25, -0.2) is 4.98 Å². The summed E-state index contributed by atoms with van der Waals surface area (Å²) < 4.78 is 13.3. The van der Waals surface area contributed by atoms with Gasteiger partial charge in [-0.3, -0.25) is 14.0 Å². The summed E-state index contributed by atoms with van der Waals surface area (Å²) in [6.45, 7) is 4.65. The number of benzene rings is 2. The summed E-state index contributed by atoms with van der Waals surface area (Å²) >= 11 is 0. The number of carbonyl (C=O) groups excluding carboxylic acids is 2. The first-order valence-electron chi connectivity index (χ1n) is 13.5. The van der Waals surface area contributed by atoms with Gasteiger partial charge in [0.2, 0.25) is 0 Å². The Kier molecular flexibility index (Phi) is 7.86. The maximum atomic E-state index is 13.6. The monoisotopic (exact) mass is 539 g/mol. The number of ether oxygens (including phenoxy) is 2. The van der Waals surface area contributed by atoms with Gasteiger partial charge in [-0.15, -0.1) is 0 Å². The number of hydrogen-bond donors (Lipinski definition) is 1. The molecule has 0 spiro atoms. The molecule has 8 heteroatoms. The maximum absolute atomic E-state index is 13.6. The molecule has 1 atom stereocenters. The maximum Gasteiger partial charge on any atom is 0.295 e. The molecular formula is C32H33N3O5. The standard InChI is InChI=1S/C32H33N3O5/c1-4-5-11-18-40-24-16-15-23(19-25(24)39-3)29-27(30(36)28-21(2)33-26-14-9-10-17-34(26)28)31(37)32(38)35(29)20-22-12-7-6-8-13-22/h6-10,12-17,19,29,36H,4-5,11,18,20H2,1-3H3/b30-27+. The van der Waals surface area contributed by atoms with Crippen LogP contribution in [0.2, 0.25) is 0 Å². The molecule has 1 saturated heterocycles. The number of carbonyl (C=O) groups is 2. The van der Waals surface area contributed by atoms with Crippen LogP contribution in [0.3, 0.4) is 0 Å². The van der Waals surface area contributed by atoms with Crippen LogP contribution in [0.1, 0.15) is 54.7 Å². The van der Waals surface area contributed by atoms with Crippen molar-refractivity contribution in [3.05, 3.63) is 101 Å². The number of amides is 1. The largest absolute Gasteiger partial charge is 0.505 e. The van der Waals surface area contributed by atoms with Crippen LogP contribution >= 0.6 is 0 Å². The van der Waals surface area contributed by atoms with Gasteiger partial charge in [-0.1, -0.05) is 62.2 Å². The number of aliphatic hydroxyl groups is 1. The number of nitrogens with zero attached hydrogens (tertiary/aromatic N) is 3. The third-order valence-electron chi connectivity index (χ3n) is 7.17. The molecule has 1 fully saturated rings. The van der Waals surface area contributed by atoms with Gasteiger partial charge in [0.05, 0.1) is 31.0 Å². The van der Waals surface area contributed by atoms with Crippen LogP contribution in [0, 0.1) is 6.92 Å². The van der Waals surface area contributed by atoms with Gasteiger partial charge in [0, 0.05) is 12.7 Å². The molecule has 40 heavy (non-hydrogen) atoms. The normalized spacial score (nSPS) is 16.6. The van der Waals surface area contributed by atoms with Crippen molar-refractivity contribution in [1.82, 2.24) is 14.3 Å². The first-order chi connectivity index (χ1) is 19.4. The van der Waals surface area contributed by atoms with Crippen molar-refractivity contribution < 1.29 is 24.2 Å². The summed E-state index contributed by atoms with van der Waals surface area (Å²) in [5.74, 6) is -0.623. The molecule has 0 saturated carbocycles. The molecule has 0 radical (unpaired) electrons. The van der Waals surface area contributed by atoms with Crippen LogP contribution in [0.4, 0.5) is 0 Å². The van der Waals surface area contributed by atoms with E-state index in [1.54, 1.807) is 36.8 Å². The highest BCUT2D eigenvalue weighted by molar-refractivity contribution is 6.46. The van der Waals surface area contributed by atoms with Crippen LogP contribution in [0.5, 0.6) is 11.5 Å². The fourth-order valence-corrected chi connectivity index (χ4v) is 5.20. The predicted molar refractivity (Wildman–Crippen MR) is 152 cm³/mol. The third-order valence-corrected chi connectivity index (χ3v) is 7.17. The van der Waals surface area contributed by atoms with E-state index in [1.165, 1.54) is 4.90 Å². The molecule has 1 N–H and O–H groups in total. The molecule has 5 rings (SSSR count). The highest BCUT2D eigenvalue weighted by Crippen LogP contribution is 2.43. The Morgan fingerprint density at radius 1 is 1.00 bits per heavy atom. The number of methoxy groups -OCH3 is 1. The van der Waals surface area contributed by atoms with E-state index in [-0.39, 0.29) is 17.9 Å². The number of aliphatic hydroxyl groups excluding tert-OH is 1. The van der Waals surface area contributed by atoms with Gasteiger partial charge < -0.3 is 19.5 Å². The number of imidazole rings is 1. The minimum absolute atomic E-state index is 0.00773. The Morgan fingerprint density at radius 2 is 1.77 bits per heavy atom. The zero-order valence-electron chi connectivity index (χ0n) is 23.0. The van der Waals surface area contributed by atoms with Gasteiger partial charge >= 0.3 is 0 Å². The summed E-state index contributed by atoms with van der Waals surface area (Å²) in [6, 6.07) is 19.5. The van der Waals surface area contributed by atoms with Crippen LogP contribution < -0.4 is 9.47 Å². The molecule has 2 aromatic carbocycles. The molecule has 4 aromatic rings. The molecule has 0 bridgehead atoms. The van der Waals surface area contributed by atoms with Crippen molar-refractivity contribution in [3.63, 3.8) is 0 Å². The lowest BCUT2D eigenvalue weighted by Gasteiger charge is -2.26. The summed E-state index contributed by atoms with van der Waals surface area (Å²) in [4.78, 5) is 33.1. The number of pyridine rings is 1. The van der Waals surface area contributed by atoms with Gasteiger partial charge in [-0.05, 0) is 48.7 Å². The van der Waals surface area contributed by atoms with E-state index in [2.05, 4.69) is 11.9 Å². The number of likely N-dealkylation sites (tertiary alicyclic amines) is 1. The zero-order valence-corrected chi connectivity index (χ0v) is 23.0. The number of fused-ring (bicyclic) bond motifs is 1. The molecular weight excluding hydrogens is 506 g/mol. The molecule has 8 nitrogen and oxygen atoms in total. The Balaban J connectivity index is 1.64. The summed E-state index contributed by atoms with van der Waals surface area (Å²) in [7, 11) is 1.56. The minimum Gasteiger partial charge on any atom is -0.505 e. The summed E-state index contributed by atoms with van der Waals surface area (Å²) in [5, 5.41) is 11.7. The first-order valence-corrected chi connectivity index (χ1v) is 13.5. The summed E-state index contributed by atoms with van der Waals surface area (Å²) in [6.07, 6.45) is 4.85. The number of aryl methyl sites for hydroxylation is 1. The topological polar surface area (TPSA) is 93.4 Å². The van der Waals surface area contributed by atoms with Crippen molar-refractivity contribution in [2.24, 2.45) is 0 Å². The van der Waals surface area contributed by atoms with E-state index in [1.807, 2.05) is 54.6 Å². The number of Topliss-reactive ketones (excluding diaryl/α,β-unsaturated/α-hetero) is 1.